The van der Waals surface area contributed by atoms with Crippen LogP contribution >= 0.6 is 11.8 Å². The molecule has 0 N–H and O–H groups in total. The largest absolute Gasteiger partial charge is 0.236 e. The van der Waals surface area contributed by atoms with Gasteiger partial charge in [-0.05, 0) is 24.3 Å². The number of nitrogens with zero attached hydrogens (tertiary/aromatic N) is 2. The molecule has 0 amide bonds. The Bertz CT molecular complexity index is 558. The van der Waals surface area contributed by atoms with Crippen molar-refractivity contribution in [1.29, 1.82) is 5.26 Å². The molecule has 0 saturated carbocycles. The van der Waals surface area contributed by atoms with Crippen LogP contribution in [0, 0.1) is 11.3 Å². The summed E-state index contributed by atoms with van der Waals surface area (Å²) in [6.07, 6.45) is 1.09. The van der Waals surface area contributed by atoms with E-state index in [1.807, 2.05) is 42.5 Å². The summed E-state index contributed by atoms with van der Waals surface area (Å²) >= 11 is 1.69. The van der Waals surface area contributed by atoms with Crippen molar-refractivity contribution in [3.63, 3.8) is 0 Å². The monoisotopic (exact) mass is 254 g/mol. The van der Waals surface area contributed by atoms with Crippen molar-refractivity contribution in [2.24, 2.45) is 0 Å². The zero-order valence-corrected chi connectivity index (χ0v) is 11.1. The zero-order chi connectivity index (χ0) is 12.8. The zero-order valence-electron chi connectivity index (χ0n) is 10.3. The molecule has 0 radical (unpaired) electrons. The van der Waals surface area contributed by atoms with E-state index in [0.717, 1.165) is 28.3 Å². The number of hydrogen-bond donors (Lipinski definition) is 0. The molecule has 2 nitrogen and oxygen atoms in total. The summed E-state index contributed by atoms with van der Waals surface area (Å²) in [4.78, 5) is 5.40. The number of nitriles is 1. The highest BCUT2D eigenvalue weighted by Crippen LogP contribution is 2.25. The number of thioether (sulfide) groups is 1. The van der Waals surface area contributed by atoms with E-state index in [4.69, 9.17) is 5.26 Å². The Morgan fingerprint density at radius 1 is 1.17 bits per heavy atom. The molecule has 3 heteroatoms. The SMILES string of the molecule is CCCSc1ccc(-c2ccccc2)nc1C#N. The molecule has 1 aromatic heterocycles. The predicted molar refractivity (Wildman–Crippen MR) is 75.4 cm³/mol. The third-order valence-corrected chi connectivity index (χ3v) is 3.75. The Balaban J connectivity index is 2.34. The van der Waals surface area contributed by atoms with Gasteiger partial charge < -0.3 is 0 Å². The molecule has 90 valence electrons. The van der Waals surface area contributed by atoms with Crippen LogP contribution in [0.2, 0.25) is 0 Å². The second-order valence-electron chi connectivity index (χ2n) is 3.87. The van der Waals surface area contributed by atoms with E-state index in [2.05, 4.69) is 18.0 Å². The number of rotatable bonds is 4. The van der Waals surface area contributed by atoms with E-state index >= 15 is 0 Å². The lowest BCUT2D eigenvalue weighted by atomic mass is 10.1. The molecule has 0 aliphatic heterocycles. The first-order valence-corrected chi connectivity index (χ1v) is 6.93. The Kier molecular flexibility index (Phi) is 4.38. The summed E-state index contributed by atoms with van der Waals surface area (Å²) in [5.74, 6) is 1.01. The summed E-state index contributed by atoms with van der Waals surface area (Å²) in [5.41, 5.74) is 2.42. The Hall–Kier alpha value is -1.79. The summed E-state index contributed by atoms with van der Waals surface area (Å²) in [6, 6.07) is 16.1. The van der Waals surface area contributed by atoms with E-state index in [1.165, 1.54) is 0 Å². The first kappa shape index (κ1) is 12.7. The van der Waals surface area contributed by atoms with Gasteiger partial charge in [0.25, 0.3) is 0 Å². The van der Waals surface area contributed by atoms with Crippen LogP contribution < -0.4 is 0 Å². The summed E-state index contributed by atoms with van der Waals surface area (Å²) in [7, 11) is 0. The highest BCUT2D eigenvalue weighted by atomic mass is 32.2. The van der Waals surface area contributed by atoms with Gasteiger partial charge in [0.1, 0.15) is 6.07 Å². The summed E-state index contributed by atoms with van der Waals surface area (Å²) in [5, 5.41) is 9.16. The molecule has 1 heterocycles. The third-order valence-electron chi connectivity index (χ3n) is 2.50. The van der Waals surface area contributed by atoms with Crippen LogP contribution in [0.4, 0.5) is 0 Å². The van der Waals surface area contributed by atoms with Crippen LogP contribution in [-0.4, -0.2) is 10.7 Å². The first-order chi connectivity index (χ1) is 8.85. The maximum atomic E-state index is 9.16. The van der Waals surface area contributed by atoms with Gasteiger partial charge in [0.05, 0.1) is 5.69 Å². The van der Waals surface area contributed by atoms with Gasteiger partial charge in [-0.3, -0.25) is 0 Å². The van der Waals surface area contributed by atoms with E-state index in [9.17, 15) is 0 Å². The van der Waals surface area contributed by atoms with E-state index < -0.39 is 0 Å². The van der Waals surface area contributed by atoms with Gasteiger partial charge in [-0.2, -0.15) is 5.26 Å². The molecular weight excluding hydrogens is 240 g/mol. The second kappa shape index (κ2) is 6.23. The fourth-order valence-electron chi connectivity index (χ4n) is 1.62. The van der Waals surface area contributed by atoms with Crippen molar-refractivity contribution in [1.82, 2.24) is 4.98 Å². The lowest BCUT2D eigenvalue weighted by molar-refractivity contribution is 1.10. The minimum atomic E-state index is 0.523. The van der Waals surface area contributed by atoms with Crippen molar-refractivity contribution < 1.29 is 0 Å². The topological polar surface area (TPSA) is 36.7 Å². The van der Waals surface area contributed by atoms with Crippen molar-refractivity contribution in [3.8, 4) is 17.3 Å². The molecule has 0 fully saturated rings. The van der Waals surface area contributed by atoms with Gasteiger partial charge in [-0.15, -0.1) is 11.8 Å². The molecule has 0 unspecified atom stereocenters. The molecule has 2 aromatic rings. The van der Waals surface area contributed by atoms with Crippen molar-refractivity contribution in [2.45, 2.75) is 18.2 Å². The normalized spacial score (nSPS) is 10.0. The van der Waals surface area contributed by atoms with Crippen LogP contribution in [0.15, 0.2) is 47.4 Å². The smallest absolute Gasteiger partial charge is 0.154 e. The minimum absolute atomic E-state index is 0.523. The maximum absolute atomic E-state index is 9.16. The maximum Gasteiger partial charge on any atom is 0.154 e. The van der Waals surface area contributed by atoms with Crippen LogP contribution in [0.1, 0.15) is 19.0 Å². The summed E-state index contributed by atoms with van der Waals surface area (Å²) in [6.45, 7) is 2.13. The molecule has 18 heavy (non-hydrogen) atoms. The number of benzene rings is 1. The van der Waals surface area contributed by atoms with E-state index in [-0.39, 0.29) is 0 Å². The fourth-order valence-corrected chi connectivity index (χ4v) is 2.44. The predicted octanol–water partition coefficient (Wildman–Crippen LogP) is 4.12. The van der Waals surface area contributed by atoms with Gasteiger partial charge in [0, 0.05) is 10.5 Å². The number of aromatic nitrogens is 1. The molecule has 0 aliphatic carbocycles. The van der Waals surface area contributed by atoms with Gasteiger partial charge >= 0.3 is 0 Å². The molecule has 0 aliphatic rings. The molecule has 0 atom stereocenters. The minimum Gasteiger partial charge on any atom is -0.236 e. The Morgan fingerprint density at radius 3 is 2.61 bits per heavy atom. The molecule has 0 spiro atoms. The van der Waals surface area contributed by atoms with Gasteiger partial charge in [-0.25, -0.2) is 4.98 Å². The quantitative estimate of drug-likeness (QED) is 0.770. The van der Waals surface area contributed by atoms with Crippen molar-refractivity contribution in [2.75, 3.05) is 5.75 Å². The van der Waals surface area contributed by atoms with Gasteiger partial charge in [0.15, 0.2) is 5.69 Å². The molecule has 0 saturated heterocycles. The fraction of sp³-hybridized carbons (Fsp3) is 0.200. The molecule has 2 rings (SSSR count). The van der Waals surface area contributed by atoms with E-state index in [0.29, 0.717) is 5.69 Å². The lowest BCUT2D eigenvalue weighted by Crippen LogP contribution is -1.91. The van der Waals surface area contributed by atoms with Crippen LogP contribution in [0.25, 0.3) is 11.3 Å². The highest BCUT2D eigenvalue weighted by molar-refractivity contribution is 7.99. The van der Waals surface area contributed by atoms with Crippen LogP contribution in [-0.2, 0) is 0 Å². The third kappa shape index (κ3) is 2.91. The summed E-state index contributed by atoms with van der Waals surface area (Å²) < 4.78 is 0. The average molecular weight is 254 g/mol. The lowest BCUT2D eigenvalue weighted by Gasteiger charge is -2.05. The number of hydrogen-bond acceptors (Lipinski definition) is 3. The van der Waals surface area contributed by atoms with Gasteiger partial charge in [0.2, 0.25) is 0 Å². The van der Waals surface area contributed by atoms with Crippen molar-refractivity contribution >= 4 is 11.8 Å². The van der Waals surface area contributed by atoms with Crippen LogP contribution in [0.3, 0.4) is 0 Å². The Labute approximate surface area is 112 Å². The molecular formula is C15H14N2S. The van der Waals surface area contributed by atoms with E-state index in [1.54, 1.807) is 11.8 Å². The van der Waals surface area contributed by atoms with Crippen molar-refractivity contribution in [3.05, 3.63) is 48.2 Å². The molecule has 0 bridgehead atoms. The van der Waals surface area contributed by atoms with Gasteiger partial charge in [-0.1, -0.05) is 37.3 Å². The molecule has 1 aromatic carbocycles. The Morgan fingerprint density at radius 2 is 1.94 bits per heavy atom. The second-order valence-corrected chi connectivity index (χ2v) is 5.01. The first-order valence-electron chi connectivity index (χ1n) is 5.94. The number of pyridine rings is 1. The standard InChI is InChI=1S/C15H14N2S/c1-2-10-18-15-9-8-13(17-14(15)11-16)12-6-4-3-5-7-12/h3-9H,2,10H2,1H3. The van der Waals surface area contributed by atoms with Crippen LogP contribution in [0.5, 0.6) is 0 Å². The highest BCUT2D eigenvalue weighted by Gasteiger charge is 2.06. The average Bonchev–Trinajstić information content (AvgIpc) is 2.46.